The fourth-order valence-electron chi connectivity index (χ4n) is 2.07. The van der Waals surface area contributed by atoms with E-state index in [4.69, 9.17) is 5.11 Å². The molecular weight excluding hydrogens is 357 g/mol. The molecule has 1 aliphatic heterocycles. The van der Waals surface area contributed by atoms with Crippen LogP contribution in [-0.4, -0.2) is 29.7 Å². The zero-order valence-electron chi connectivity index (χ0n) is 13.2. The summed E-state index contributed by atoms with van der Waals surface area (Å²) in [6, 6.07) is 1.60. The maximum absolute atomic E-state index is 12.9. The molecule has 0 saturated carbocycles. The summed E-state index contributed by atoms with van der Waals surface area (Å²) in [6.07, 6.45) is -12.1. The first-order valence-electron chi connectivity index (χ1n) is 5.97. The molecule has 4 nitrogen and oxygen atoms in total. The van der Waals surface area contributed by atoms with Crippen molar-refractivity contribution in [2.45, 2.75) is 25.6 Å². The van der Waals surface area contributed by atoms with Crippen LogP contribution in [0.5, 0.6) is 11.5 Å². The molecule has 0 spiro atoms. The van der Waals surface area contributed by atoms with Crippen LogP contribution in [0.3, 0.4) is 0 Å². The second-order valence-electron chi connectivity index (χ2n) is 4.65. The molecule has 1 unspecified atom stereocenters. The van der Waals surface area contributed by atoms with Crippen molar-refractivity contribution in [3.8, 4) is 11.5 Å². The maximum Gasteiger partial charge on any atom is 1.00 e. The van der Waals surface area contributed by atoms with Crippen molar-refractivity contribution in [2.75, 3.05) is 0 Å². The molecule has 0 fully saturated rings. The Balaban J connectivity index is 0.00000288. The van der Waals surface area contributed by atoms with Gasteiger partial charge < -0.3 is 16.0 Å². The first-order valence-corrected chi connectivity index (χ1v) is 5.97. The minimum Gasteiger partial charge on any atom is -1.00 e. The van der Waals surface area contributed by atoms with Gasteiger partial charge in [0, 0.05) is 5.56 Å². The molecule has 11 heteroatoms. The van der Waals surface area contributed by atoms with Crippen LogP contribution in [0.2, 0.25) is 0 Å². The summed E-state index contributed by atoms with van der Waals surface area (Å²) in [4.78, 5) is 11.0. The fourth-order valence-corrected chi connectivity index (χ4v) is 2.07. The van der Waals surface area contributed by atoms with Gasteiger partial charge in [0.05, 0.1) is 5.57 Å². The standard InChI is InChI=1S/C13H8F6O4.Na.H/c1-5-2-7(23-13(17,18)19)3-6-4-8(11(20)21)10(12(14,15)16)22-9(5)6;;/h2-4,10H,1H3,(H,20,21);;/q;+1;-1. The Morgan fingerprint density at radius 1 is 1.25 bits per heavy atom. The van der Waals surface area contributed by atoms with Gasteiger partial charge in [0.2, 0.25) is 6.10 Å². The molecule has 1 aromatic carbocycles. The van der Waals surface area contributed by atoms with Crippen molar-refractivity contribution >= 4 is 12.0 Å². The number of ether oxygens (including phenoxy) is 2. The van der Waals surface area contributed by atoms with Gasteiger partial charge in [-0.15, -0.1) is 13.2 Å². The predicted octanol–water partition coefficient (Wildman–Crippen LogP) is 0.801. The Bertz CT molecular complexity index is 686. The second kappa shape index (κ2) is 6.85. The topological polar surface area (TPSA) is 55.8 Å². The zero-order chi connectivity index (χ0) is 17.6. The summed E-state index contributed by atoms with van der Waals surface area (Å²) in [7, 11) is 0. The Morgan fingerprint density at radius 3 is 2.29 bits per heavy atom. The molecule has 0 radical (unpaired) electrons. The SMILES string of the molecule is Cc1cc(OC(F)(F)F)cc2c1OC(C(F)(F)F)C(C(=O)O)=C2.[H-].[Na+]. The number of benzene rings is 1. The van der Waals surface area contributed by atoms with Crippen LogP contribution in [0.15, 0.2) is 17.7 Å². The third kappa shape index (κ3) is 4.58. The van der Waals surface area contributed by atoms with Gasteiger partial charge in [0.25, 0.3) is 0 Å². The van der Waals surface area contributed by atoms with Crippen molar-refractivity contribution in [1.82, 2.24) is 0 Å². The molecule has 1 aromatic rings. The van der Waals surface area contributed by atoms with Crippen LogP contribution < -0.4 is 39.0 Å². The second-order valence-corrected chi connectivity index (χ2v) is 4.65. The van der Waals surface area contributed by atoms with Crippen LogP contribution in [0, 0.1) is 6.92 Å². The number of carboxylic acid groups (broad SMARTS) is 1. The normalized spacial score (nSPS) is 17.1. The molecule has 1 aliphatic rings. The molecule has 2 rings (SSSR count). The number of halogens is 6. The monoisotopic (exact) mass is 366 g/mol. The van der Waals surface area contributed by atoms with Crippen LogP contribution in [0.25, 0.3) is 6.08 Å². The van der Waals surface area contributed by atoms with E-state index in [2.05, 4.69) is 9.47 Å². The van der Waals surface area contributed by atoms with Crippen LogP contribution in [0.4, 0.5) is 26.3 Å². The first kappa shape index (κ1) is 20.7. The van der Waals surface area contributed by atoms with E-state index in [-0.39, 0.29) is 47.9 Å². The summed E-state index contributed by atoms with van der Waals surface area (Å²) in [5.74, 6) is -2.94. The van der Waals surface area contributed by atoms with Crippen molar-refractivity contribution in [1.29, 1.82) is 0 Å². The molecule has 0 amide bonds. The van der Waals surface area contributed by atoms with Crippen LogP contribution >= 0.6 is 0 Å². The van der Waals surface area contributed by atoms with Gasteiger partial charge in [-0.3, -0.25) is 0 Å². The van der Waals surface area contributed by atoms with Crippen molar-refractivity contribution in [3.63, 3.8) is 0 Å². The summed E-state index contributed by atoms with van der Waals surface area (Å²) >= 11 is 0. The maximum atomic E-state index is 12.9. The van der Waals surface area contributed by atoms with Gasteiger partial charge in [-0.2, -0.15) is 13.2 Å². The van der Waals surface area contributed by atoms with E-state index in [9.17, 15) is 31.1 Å². The number of carbonyl (C=O) groups is 1. The number of aliphatic carboxylic acids is 1. The van der Waals surface area contributed by atoms with Crippen molar-refractivity contribution in [2.24, 2.45) is 0 Å². The molecule has 24 heavy (non-hydrogen) atoms. The number of hydrogen-bond donors (Lipinski definition) is 1. The summed E-state index contributed by atoms with van der Waals surface area (Å²) in [5.41, 5.74) is -1.44. The quantitative estimate of drug-likeness (QED) is 0.622. The molecule has 0 aromatic heterocycles. The number of carboxylic acids is 1. The zero-order valence-corrected chi connectivity index (χ0v) is 14.2. The Labute approximate surface area is 154 Å². The van der Waals surface area contributed by atoms with Gasteiger partial charge >= 0.3 is 48.1 Å². The molecule has 0 saturated heterocycles. The van der Waals surface area contributed by atoms with Crippen LogP contribution in [-0.2, 0) is 4.79 Å². The van der Waals surface area contributed by atoms with Gasteiger partial charge in [-0.1, -0.05) is 0 Å². The molecule has 1 atom stereocenters. The van der Waals surface area contributed by atoms with E-state index in [1.807, 2.05) is 0 Å². The Morgan fingerprint density at radius 2 is 1.83 bits per heavy atom. The first-order chi connectivity index (χ1) is 10.4. The summed E-state index contributed by atoms with van der Waals surface area (Å²) in [5, 5.41) is 8.86. The third-order valence-electron chi connectivity index (χ3n) is 2.88. The molecular formula is C13H9F6NaO4. The number of alkyl halides is 6. The average Bonchev–Trinajstić information content (AvgIpc) is 2.33. The third-order valence-corrected chi connectivity index (χ3v) is 2.88. The predicted molar refractivity (Wildman–Crippen MR) is 65.1 cm³/mol. The smallest absolute Gasteiger partial charge is 1.00 e. The minimum absolute atomic E-state index is 0. The van der Waals surface area contributed by atoms with E-state index in [1.165, 1.54) is 6.92 Å². The van der Waals surface area contributed by atoms with E-state index in [1.54, 1.807) is 0 Å². The minimum atomic E-state index is -5.00. The van der Waals surface area contributed by atoms with Crippen molar-refractivity contribution in [3.05, 3.63) is 28.8 Å². The van der Waals surface area contributed by atoms with E-state index < -0.39 is 35.9 Å². The average molecular weight is 366 g/mol. The molecule has 0 bridgehead atoms. The summed E-state index contributed by atoms with van der Waals surface area (Å²) in [6.45, 7) is 1.22. The molecule has 0 aliphatic carbocycles. The van der Waals surface area contributed by atoms with E-state index in [0.717, 1.165) is 12.1 Å². The molecule has 1 heterocycles. The molecule has 1 N–H and O–H groups in total. The number of aryl methyl sites for hydroxylation is 1. The van der Waals surface area contributed by atoms with Crippen molar-refractivity contribution < 1.29 is 76.7 Å². The largest absolute Gasteiger partial charge is 1.00 e. The van der Waals surface area contributed by atoms with Gasteiger partial charge in [-0.25, -0.2) is 4.79 Å². The summed E-state index contributed by atoms with van der Waals surface area (Å²) < 4.78 is 83.6. The number of hydrogen-bond acceptors (Lipinski definition) is 3. The van der Waals surface area contributed by atoms with Gasteiger partial charge in [0.15, 0.2) is 0 Å². The fraction of sp³-hybridized carbons (Fsp3) is 0.308. The Hall–Kier alpha value is -1.39. The van der Waals surface area contributed by atoms with E-state index >= 15 is 0 Å². The number of rotatable bonds is 2. The molecule has 128 valence electrons. The van der Waals surface area contributed by atoms with Gasteiger partial charge in [0.1, 0.15) is 11.5 Å². The number of fused-ring (bicyclic) bond motifs is 1. The van der Waals surface area contributed by atoms with E-state index in [0.29, 0.717) is 6.08 Å². The van der Waals surface area contributed by atoms with Gasteiger partial charge in [-0.05, 0) is 30.7 Å². The Kier molecular flexibility index (Phi) is 5.89. The van der Waals surface area contributed by atoms with Crippen LogP contribution in [0.1, 0.15) is 12.6 Å².